The average molecular weight is 227 g/mol. The predicted molar refractivity (Wildman–Crippen MR) is 62.4 cm³/mol. The van der Waals surface area contributed by atoms with E-state index in [0.717, 1.165) is 17.8 Å². The van der Waals surface area contributed by atoms with Crippen LogP contribution in [0.25, 0.3) is 0 Å². The molecule has 0 radical (unpaired) electrons. The highest BCUT2D eigenvalue weighted by Crippen LogP contribution is 2.17. The van der Waals surface area contributed by atoms with Gasteiger partial charge in [-0.15, -0.1) is 11.3 Å². The van der Waals surface area contributed by atoms with E-state index in [0.29, 0.717) is 6.54 Å². The summed E-state index contributed by atoms with van der Waals surface area (Å²) in [6.45, 7) is 4.83. The fourth-order valence-corrected chi connectivity index (χ4v) is 2.32. The molecule has 2 N–H and O–H groups in total. The van der Waals surface area contributed by atoms with Crippen molar-refractivity contribution >= 4 is 17.4 Å². The van der Waals surface area contributed by atoms with Gasteiger partial charge in [0.25, 0.3) is 0 Å². The van der Waals surface area contributed by atoms with E-state index in [1.54, 1.807) is 18.4 Å². The van der Waals surface area contributed by atoms with Gasteiger partial charge in [0.15, 0.2) is 0 Å². The summed E-state index contributed by atoms with van der Waals surface area (Å²) >= 11 is 1.72. The number of nitrogens with one attached hydrogen (secondary N) is 2. The van der Waals surface area contributed by atoms with Gasteiger partial charge in [0.05, 0.1) is 10.7 Å². The first-order chi connectivity index (χ1) is 7.17. The van der Waals surface area contributed by atoms with Crippen LogP contribution in [0.5, 0.6) is 0 Å². The highest BCUT2D eigenvalue weighted by molar-refractivity contribution is 7.11. The highest BCUT2D eigenvalue weighted by Gasteiger charge is 2.05. The standard InChI is InChI=1S/C10H17N3OS/c1-4-8-7(2)15-9(13-8)5-6-12-10(14)11-3/h4-6H2,1-3H3,(H2,11,12,14). The second-order valence-corrected chi connectivity index (χ2v) is 4.51. The number of carbonyl (C=O) groups excluding carboxylic acids is 1. The molecule has 0 bridgehead atoms. The molecule has 84 valence electrons. The quantitative estimate of drug-likeness (QED) is 0.818. The number of rotatable bonds is 4. The van der Waals surface area contributed by atoms with Gasteiger partial charge in [-0.05, 0) is 13.3 Å². The third kappa shape index (κ3) is 3.51. The smallest absolute Gasteiger partial charge is 0.314 e. The maximum Gasteiger partial charge on any atom is 0.314 e. The fourth-order valence-electron chi connectivity index (χ4n) is 1.29. The van der Waals surface area contributed by atoms with Crippen molar-refractivity contribution in [1.82, 2.24) is 15.6 Å². The summed E-state index contributed by atoms with van der Waals surface area (Å²) in [7, 11) is 1.61. The van der Waals surface area contributed by atoms with Crippen LogP contribution in [-0.4, -0.2) is 24.6 Å². The molecule has 0 saturated heterocycles. The Bertz CT molecular complexity index is 335. The van der Waals surface area contributed by atoms with Crippen molar-refractivity contribution in [3.63, 3.8) is 0 Å². The number of amides is 2. The van der Waals surface area contributed by atoms with Crippen LogP contribution in [0, 0.1) is 6.92 Å². The molecule has 0 aliphatic heterocycles. The molecule has 15 heavy (non-hydrogen) atoms. The van der Waals surface area contributed by atoms with Gasteiger partial charge in [0, 0.05) is 24.9 Å². The molecule has 0 unspecified atom stereocenters. The van der Waals surface area contributed by atoms with Gasteiger partial charge in [0.2, 0.25) is 0 Å². The lowest BCUT2D eigenvalue weighted by Gasteiger charge is -2.01. The number of nitrogens with zero attached hydrogens (tertiary/aromatic N) is 1. The number of aryl methyl sites for hydroxylation is 2. The molecule has 2 amide bonds. The van der Waals surface area contributed by atoms with Crippen LogP contribution in [0.1, 0.15) is 22.5 Å². The first-order valence-corrected chi connectivity index (χ1v) is 5.89. The van der Waals surface area contributed by atoms with Gasteiger partial charge >= 0.3 is 6.03 Å². The van der Waals surface area contributed by atoms with Crippen LogP contribution in [0.3, 0.4) is 0 Å². The van der Waals surface area contributed by atoms with Crippen LogP contribution >= 0.6 is 11.3 Å². The minimum absolute atomic E-state index is 0.140. The van der Waals surface area contributed by atoms with Gasteiger partial charge in [-0.25, -0.2) is 9.78 Å². The van der Waals surface area contributed by atoms with E-state index in [1.165, 1.54) is 10.6 Å². The van der Waals surface area contributed by atoms with Gasteiger partial charge in [-0.1, -0.05) is 6.92 Å². The Labute approximate surface area is 94.1 Å². The Morgan fingerprint density at radius 1 is 1.53 bits per heavy atom. The van der Waals surface area contributed by atoms with Crippen molar-refractivity contribution in [3.05, 3.63) is 15.6 Å². The molecular weight excluding hydrogens is 210 g/mol. The molecule has 1 aromatic heterocycles. The van der Waals surface area contributed by atoms with Gasteiger partial charge < -0.3 is 10.6 Å². The lowest BCUT2D eigenvalue weighted by atomic mass is 10.3. The number of thiazole rings is 1. The van der Waals surface area contributed by atoms with E-state index >= 15 is 0 Å². The summed E-state index contributed by atoms with van der Waals surface area (Å²) < 4.78 is 0. The van der Waals surface area contributed by atoms with E-state index in [2.05, 4.69) is 29.5 Å². The first kappa shape index (κ1) is 12.0. The van der Waals surface area contributed by atoms with Crippen LogP contribution in [0.15, 0.2) is 0 Å². The summed E-state index contributed by atoms with van der Waals surface area (Å²) in [6.07, 6.45) is 1.78. The summed E-state index contributed by atoms with van der Waals surface area (Å²) in [5.41, 5.74) is 1.18. The van der Waals surface area contributed by atoms with E-state index in [-0.39, 0.29) is 6.03 Å². The normalized spacial score (nSPS) is 10.1. The minimum Gasteiger partial charge on any atom is -0.341 e. The van der Waals surface area contributed by atoms with E-state index in [1.807, 2.05) is 0 Å². The summed E-state index contributed by atoms with van der Waals surface area (Å²) in [5.74, 6) is 0. The summed E-state index contributed by atoms with van der Waals surface area (Å²) in [4.78, 5) is 16.7. The molecule has 1 aromatic rings. The van der Waals surface area contributed by atoms with Gasteiger partial charge in [0.1, 0.15) is 0 Å². The molecule has 0 aliphatic rings. The summed E-state index contributed by atoms with van der Waals surface area (Å²) in [5, 5.41) is 6.35. The highest BCUT2D eigenvalue weighted by atomic mass is 32.1. The van der Waals surface area contributed by atoms with Crippen molar-refractivity contribution < 1.29 is 4.79 Å². The third-order valence-electron chi connectivity index (χ3n) is 2.12. The van der Waals surface area contributed by atoms with E-state index in [4.69, 9.17) is 0 Å². The Hall–Kier alpha value is -1.10. The van der Waals surface area contributed by atoms with Crippen molar-refractivity contribution in [2.24, 2.45) is 0 Å². The number of aromatic nitrogens is 1. The third-order valence-corrected chi connectivity index (χ3v) is 3.20. The Morgan fingerprint density at radius 3 is 2.80 bits per heavy atom. The molecule has 1 rings (SSSR count). The monoisotopic (exact) mass is 227 g/mol. The molecule has 0 aliphatic carbocycles. The lowest BCUT2D eigenvalue weighted by Crippen LogP contribution is -2.33. The molecule has 0 fully saturated rings. The molecule has 0 atom stereocenters. The molecule has 0 aromatic carbocycles. The zero-order valence-electron chi connectivity index (χ0n) is 9.39. The average Bonchev–Trinajstić information content (AvgIpc) is 2.58. The fraction of sp³-hybridized carbons (Fsp3) is 0.600. The Balaban J connectivity index is 2.41. The predicted octanol–water partition coefficient (Wildman–Crippen LogP) is 1.49. The second-order valence-electron chi connectivity index (χ2n) is 3.22. The van der Waals surface area contributed by atoms with Crippen LogP contribution in [0.4, 0.5) is 4.79 Å². The molecule has 5 heteroatoms. The number of carbonyl (C=O) groups is 1. The topological polar surface area (TPSA) is 54.0 Å². The van der Waals surface area contributed by atoms with Crippen molar-refractivity contribution in [2.45, 2.75) is 26.7 Å². The minimum atomic E-state index is -0.140. The first-order valence-electron chi connectivity index (χ1n) is 5.08. The number of urea groups is 1. The van der Waals surface area contributed by atoms with Crippen molar-refractivity contribution in [2.75, 3.05) is 13.6 Å². The molecule has 0 spiro atoms. The van der Waals surface area contributed by atoms with Crippen molar-refractivity contribution in [1.29, 1.82) is 0 Å². The van der Waals surface area contributed by atoms with E-state index < -0.39 is 0 Å². The van der Waals surface area contributed by atoms with Crippen LogP contribution < -0.4 is 10.6 Å². The lowest BCUT2D eigenvalue weighted by molar-refractivity contribution is 0.243. The van der Waals surface area contributed by atoms with Crippen LogP contribution in [-0.2, 0) is 12.8 Å². The van der Waals surface area contributed by atoms with E-state index in [9.17, 15) is 4.79 Å². The SMILES string of the molecule is CCc1nc(CCNC(=O)NC)sc1C. The second kappa shape index (κ2) is 5.70. The Kier molecular flexibility index (Phi) is 4.55. The largest absolute Gasteiger partial charge is 0.341 e. The van der Waals surface area contributed by atoms with Crippen LogP contribution in [0.2, 0.25) is 0 Å². The Morgan fingerprint density at radius 2 is 2.27 bits per heavy atom. The molecule has 1 heterocycles. The zero-order chi connectivity index (χ0) is 11.3. The van der Waals surface area contributed by atoms with Gasteiger partial charge in [-0.2, -0.15) is 0 Å². The maximum atomic E-state index is 10.9. The molecule has 4 nitrogen and oxygen atoms in total. The number of hydrogen-bond donors (Lipinski definition) is 2. The molecule has 0 saturated carbocycles. The van der Waals surface area contributed by atoms with Crippen molar-refractivity contribution in [3.8, 4) is 0 Å². The zero-order valence-corrected chi connectivity index (χ0v) is 10.2. The number of hydrogen-bond acceptors (Lipinski definition) is 3. The molecular formula is C10H17N3OS. The maximum absolute atomic E-state index is 10.9. The van der Waals surface area contributed by atoms with Gasteiger partial charge in [-0.3, -0.25) is 0 Å². The summed E-state index contributed by atoms with van der Waals surface area (Å²) in [6, 6.07) is -0.140.